The van der Waals surface area contributed by atoms with Gasteiger partial charge in [0.1, 0.15) is 17.1 Å². The Balaban J connectivity index is 2.31. The summed E-state index contributed by atoms with van der Waals surface area (Å²) in [6.07, 6.45) is 1.30. The lowest BCUT2D eigenvalue weighted by Crippen LogP contribution is -2.02. The zero-order valence-corrected chi connectivity index (χ0v) is 11.3. The predicted molar refractivity (Wildman–Crippen MR) is 73.2 cm³/mol. The van der Waals surface area contributed by atoms with Crippen LogP contribution in [-0.2, 0) is 11.3 Å². The Morgan fingerprint density at radius 3 is 2.85 bits per heavy atom. The molecule has 0 atom stereocenters. The summed E-state index contributed by atoms with van der Waals surface area (Å²) in [5, 5.41) is 9.13. The Morgan fingerprint density at radius 2 is 2.15 bits per heavy atom. The van der Waals surface area contributed by atoms with E-state index in [9.17, 15) is 4.79 Å². The van der Waals surface area contributed by atoms with E-state index < -0.39 is 5.97 Å². The van der Waals surface area contributed by atoms with Crippen LogP contribution in [0.3, 0.4) is 0 Å². The second kappa shape index (κ2) is 6.16. The highest BCUT2D eigenvalue weighted by atomic mass is 16.5. The Bertz CT molecular complexity index is 625. The summed E-state index contributed by atoms with van der Waals surface area (Å²) in [6.45, 7) is 2.25. The van der Waals surface area contributed by atoms with Crippen LogP contribution < -0.4 is 4.74 Å². The molecule has 1 aromatic heterocycles. The lowest BCUT2D eigenvalue weighted by molar-refractivity contribution is 0.0693. The molecule has 1 aromatic carbocycles. The monoisotopic (exact) mass is 273 g/mol. The molecular formula is C15H15NO4. The van der Waals surface area contributed by atoms with Gasteiger partial charge in [0.25, 0.3) is 0 Å². The summed E-state index contributed by atoms with van der Waals surface area (Å²) in [6, 6.07) is 8.92. The van der Waals surface area contributed by atoms with Crippen molar-refractivity contribution in [1.82, 2.24) is 4.98 Å². The Morgan fingerprint density at radius 1 is 1.35 bits per heavy atom. The molecule has 0 amide bonds. The van der Waals surface area contributed by atoms with Gasteiger partial charge in [0, 0.05) is 25.1 Å². The number of rotatable bonds is 5. The van der Waals surface area contributed by atoms with Crippen molar-refractivity contribution >= 4 is 5.97 Å². The quantitative estimate of drug-likeness (QED) is 0.906. The number of hydrogen-bond acceptors (Lipinski definition) is 4. The fourth-order valence-corrected chi connectivity index (χ4v) is 1.77. The molecule has 0 aliphatic carbocycles. The fraction of sp³-hybridized carbons (Fsp3) is 0.200. The van der Waals surface area contributed by atoms with Gasteiger partial charge in [-0.25, -0.2) is 4.79 Å². The second-order valence-corrected chi connectivity index (χ2v) is 4.31. The van der Waals surface area contributed by atoms with Crippen LogP contribution in [0.5, 0.6) is 11.5 Å². The number of methoxy groups -OCH3 is 1. The highest BCUT2D eigenvalue weighted by molar-refractivity contribution is 5.90. The van der Waals surface area contributed by atoms with Gasteiger partial charge in [-0.2, -0.15) is 0 Å². The number of ether oxygens (including phenoxy) is 2. The molecule has 5 nitrogen and oxygen atoms in total. The van der Waals surface area contributed by atoms with Crippen molar-refractivity contribution in [3.63, 3.8) is 0 Å². The number of aromatic nitrogens is 1. The van der Waals surface area contributed by atoms with Crippen molar-refractivity contribution in [1.29, 1.82) is 0 Å². The summed E-state index contributed by atoms with van der Waals surface area (Å²) < 4.78 is 10.7. The molecule has 5 heteroatoms. The van der Waals surface area contributed by atoms with Crippen LogP contribution in [0.4, 0.5) is 0 Å². The summed E-state index contributed by atoms with van der Waals surface area (Å²) in [5.74, 6) is -0.229. The van der Waals surface area contributed by atoms with Gasteiger partial charge in [-0.05, 0) is 24.6 Å². The molecule has 2 aromatic rings. The fourth-order valence-electron chi connectivity index (χ4n) is 1.77. The van der Waals surface area contributed by atoms with Crippen LogP contribution in [0.15, 0.2) is 36.5 Å². The average Bonchev–Trinajstić information content (AvgIpc) is 2.39. The lowest BCUT2D eigenvalue weighted by atomic mass is 10.2. The van der Waals surface area contributed by atoms with Gasteiger partial charge in [-0.15, -0.1) is 0 Å². The maximum Gasteiger partial charge on any atom is 0.341 e. The van der Waals surface area contributed by atoms with Gasteiger partial charge in [0.2, 0.25) is 0 Å². The van der Waals surface area contributed by atoms with E-state index >= 15 is 0 Å². The molecule has 0 saturated heterocycles. The first-order valence-electron chi connectivity index (χ1n) is 6.06. The van der Waals surface area contributed by atoms with Gasteiger partial charge < -0.3 is 14.6 Å². The number of benzene rings is 1. The molecule has 0 radical (unpaired) electrons. The Kier molecular flexibility index (Phi) is 4.32. The third-order valence-electron chi connectivity index (χ3n) is 2.67. The number of aryl methyl sites for hydroxylation is 1. The first-order valence-corrected chi connectivity index (χ1v) is 6.06. The molecular weight excluding hydrogens is 258 g/mol. The lowest BCUT2D eigenvalue weighted by Gasteiger charge is -2.10. The van der Waals surface area contributed by atoms with Crippen LogP contribution in [-0.4, -0.2) is 23.2 Å². The second-order valence-electron chi connectivity index (χ2n) is 4.31. The molecule has 0 aliphatic rings. The number of nitrogens with zero attached hydrogens (tertiary/aromatic N) is 1. The topological polar surface area (TPSA) is 68.7 Å². The van der Waals surface area contributed by atoms with Crippen molar-refractivity contribution in [2.24, 2.45) is 0 Å². The molecule has 1 N–H and O–H groups in total. The van der Waals surface area contributed by atoms with Crippen molar-refractivity contribution in [3.05, 3.63) is 53.3 Å². The van der Waals surface area contributed by atoms with E-state index in [2.05, 4.69) is 4.98 Å². The van der Waals surface area contributed by atoms with Crippen molar-refractivity contribution in [2.75, 3.05) is 7.11 Å². The SMILES string of the molecule is COCc1cccc(Oc2cc(C)ncc2C(=O)O)c1. The van der Waals surface area contributed by atoms with Crippen LogP contribution in [0.2, 0.25) is 0 Å². The largest absolute Gasteiger partial charge is 0.477 e. The van der Waals surface area contributed by atoms with E-state index in [1.54, 1.807) is 26.2 Å². The van der Waals surface area contributed by atoms with Crippen LogP contribution in [0, 0.1) is 6.92 Å². The minimum atomic E-state index is -1.07. The number of carboxylic acid groups (broad SMARTS) is 1. The van der Waals surface area contributed by atoms with E-state index in [0.29, 0.717) is 18.1 Å². The van der Waals surface area contributed by atoms with E-state index in [1.165, 1.54) is 6.20 Å². The molecule has 0 bridgehead atoms. The number of pyridine rings is 1. The predicted octanol–water partition coefficient (Wildman–Crippen LogP) is 3.03. The number of hydrogen-bond donors (Lipinski definition) is 1. The van der Waals surface area contributed by atoms with E-state index in [0.717, 1.165) is 5.56 Å². The highest BCUT2D eigenvalue weighted by Gasteiger charge is 2.13. The maximum atomic E-state index is 11.2. The molecule has 104 valence electrons. The summed E-state index contributed by atoms with van der Waals surface area (Å²) in [4.78, 5) is 15.1. The van der Waals surface area contributed by atoms with Crippen molar-refractivity contribution in [2.45, 2.75) is 13.5 Å². The van der Waals surface area contributed by atoms with Gasteiger partial charge in [0.15, 0.2) is 0 Å². The molecule has 2 rings (SSSR count). The molecule has 1 heterocycles. The average molecular weight is 273 g/mol. The molecule has 0 unspecified atom stereocenters. The third kappa shape index (κ3) is 3.33. The van der Waals surface area contributed by atoms with Crippen LogP contribution >= 0.6 is 0 Å². The number of aromatic carboxylic acids is 1. The van der Waals surface area contributed by atoms with E-state index in [1.807, 2.05) is 18.2 Å². The normalized spacial score (nSPS) is 10.3. The molecule has 0 fully saturated rings. The maximum absolute atomic E-state index is 11.2. The highest BCUT2D eigenvalue weighted by Crippen LogP contribution is 2.26. The van der Waals surface area contributed by atoms with E-state index in [-0.39, 0.29) is 11.3 Å². The zero-order valence-electron chi connectivity index (χ0n) is 11.3. The molecule has 0 spiro atoms. The first kappa shape index (κ1) is 14.0. The van der Waals surface area contributed by atoms with Crippen LogP contribution in [0.25, 0.3) is 0 Å². The van der Waals surface area contributed by atoms with Crippen LogP contribution in [0.1, 0.15) is 21.6 Å². The minimum absolute atomic E-state index is 0.0349. The third-order valence-corrected chi connectivity index (χ3v) is 2.67. The summed E-state index contributed by atoms with van der Waals surface area (Å²) >= 11 is 0. The standard InChI is InChI=1S/C15H15NO4/c1-10-6-14(13(8-16-10)15(17)18)20-12-5-3-4-11(7-12)9-19-2/h3-8H,9H2,1-2H3,(H,17,18). The molecule has 0 saturated carbocycles. The summed E-state index contributed by atoms with van der Waals surface area (Å²) in [7, 11) is 1.61. The van der Waals surface area contributed by atoms with E-state index in [4.69, 9.17) is 14.6 Å². The smallest absolute Gasteiger partial charge is 0.341 e. The first-order chi connectivity index (χ1) is 9.60. The Labute approximate surface area is 116 Å². The van der Waals surface area contributed by atoms with Gasteiger partial charge in [0.05, 0.1) is 6.61 Å². The van der Waals surface area contributed by atoms with Gasteiger partial charge in [-0.1, -0.05) is 12.1 Å². The number of carboxylic acids is 1. The molecule has 0 aliphatic heterocycles. The van der Waals surface area contributed by atoms with Crippen molar-refractivity contribution in [3.8, 4) is 11.5 Å². The molecule has 20 heavy (non-hydrogen) atoms. The minimum Gasteiger partial charge on any atom is -0.477 e. The van der Waals surface area contributed by atoms with Gasteiger partial charge >= 0.3 is 5.97 Å². The number of carbonyl (C=O) groups is 1. The zero-order chi connectivity index (χ0) is 14.5. The van der Waals surface area contributed by atoms with Gasteiger partial charge in [-0.3, -0.25) is 4.98 Å². The van der Waals surface area contributed by atoms with Crippen molar-refractivity contribution < 1.29 is 19.4 Å². The summed E-state index contributed by atoms with van der Waals surface area (Å²) in [5.41, 5.74) is 1.68. The Hall–Kier alpha value is -2.40.